The van der Waals surface area contributed by atoms with Crippen LogP contribution in [0.25, 0.3) is 15.9 Å². The first kappa shape index (κ1) is 19.7. The van der Waals surface area contributed by atoms with Crippen LogP contribution in [0.15, 0.2) is 54.7 Å². The molecule has 0 radical (unpaired) electrons. The molecule has 1 atom stereocenters. The molecule has 5 aromatic rings. The maximum atomic E-state index is 13.0. The second-order valence-electron chi connectivity index (χ2n) is 7.35. The molecule has 4 heterocycles. The fraction of sp³-hybridized carbons (Fsp3) is 0.182. The Labute approximate surface area is 187 Å². The number of pyridine rings is 1. The van der Waals surface area contributed by atoms with Crippen molar-refractivity contribution in [1.82, 2.24) is 29.7 Å². The molecule has 0 aliphatic rings. The van der Waals surface area contributed by atoms with Gasteiger partial charge in [-0.3, -0.25) is 13.9 Å². The van der Waals surface area contributed by atoms with Crippen molar-refractivity contribution in [3.05, 3.63) is 81.7 Å². The summed E-state index contributed by atoms with van der Waals surface area (Å²) in [6.45, 7) is 4.40. The topological polar surface area (TPSA) is 77.1 Å². The number of aryl methyl sites for hydroxylation is 1. The SMILES string of the molecule is Cc1nn(Cc2ccccc2Cl)c2sc(C(=O)N[C@H](C)c3nnc4ccccn34)cc12. The van der Waals surface area contributed by atoms with Gasteiger partial charge in [0, 0.05) is 16.6 Å². The highest BCUT2D eigenvalue weighted by Crippen LogP contribution is 2.30. The first-order chi connectivity index (χ1) is 15.0. The molecule has 0 saturated heterocycles. The number of hydrogen-bond acceptors (Lipinski definition) is 5. The number of carbonyl (C=O) groups is 1. The largest absolute Gasteiger partial charge is 0.342 e. The monoisotopic (exact) mass is 450 g/mol. The molecule has 0 bridgehead atoms. The zero-order valence-corrected chi connectivity index (χ0v) is 18.5. The van der Waals surface area contributed by atoms with Crippen LogP contribution in [0.1, 0.15) is 39.7 Å². The van der Waals surface area contributed by atoms with Gasteiger partial charge in [0.05, 0.1) is 23.2 Å². The van der Waals surface area contributed by atoms with E-state index in [1.165, 1.54) is 11.3 Å². The van der Waals surface area contributed by atoms with E-state index in [9.17, 15) is 4.79 Å². The zero-order valence-electron chi connectivity index (χ0n) is 16.9. The molecule has 7 nitrogen and oxygen atoms in total. The third-order valence-electron chi connectivity index (χ3n) is 5.18. The highest BCUT2D eigenvalue weighted by Gasteiger charge is 2.20. The Morgan fingerprint density at radius 1 is 1.19 bits per heavy atom. The number of halogens is 1. The van der Waals surface area contributed by atoms with Crippen LogP contribution in [0.2, 0.25) is 5.02 Å². The summed E-state index contributed by atoms with van der Waals surface area (Å²) in [6, 6.07) is 15.0. The molecule has 1 amide bonds. The summed E-state index contributed by atoms with van der Waals surface area (Å²) < 4.78 is 3.78. The van der Waals surface area contributed by atoms with E-state index in [4.69, 9.17) is 11.6 Å². The van der Waals surface area contributed by atoms with Gasteiger partial charge in [-0.1, -0.05) is 35.9 Å². The van der Waals surface area contributed by atoms with Gasteiger partial charge in [0.25, 0.3) is 5.91 Å². The first-order valence-corrected chi connectivity index (χ1v) is 11.0. The van der Waals surface area contributed by atoms with Crippen molar-refractivity contribution in [2.24, 2.45) is 0 Å². The Balaban J connectivity index is 1.41. The minimum atomic E-state index is -0.296. The number of rotatable bonds is 5. The molecule has 156 valence electrons. The van der Waals surface area contributed by atoms with Gasteiger partial charge in [-0.25, -0.2) is 0 Å². The van der Waals surface area contributed by atoms with Crippen molar-refractivity contribution in [2.75, 3.05) is 0 Å². The van der Waals surface area contributed by atoms with E-state index >= 15 is 0 Å². The molecule has 0 unspecified atom stereocenters. The number of nitrogens with zero attached hydrogens (tertiary/aromatic N) is 5. The Hall–Kier alpha value is -3.23. The van der Waals surface area contributed by atoms with Crippen LogP contribution in [0, 0.1) is 6.92 Å². The molecular formula is C22H19ClN6OS. The average molecular weight is 451 g/mol. The van der Waals surface area contributed by atoms with Gasteiger partial charge in [0.1, 0.15) is 4.83 Å². The number of fused-ring (bicyclic) bond motifs is 2. The maximum Gasteiger partial charge on any atom is 0.262 e. The summed E-state index contributed by atoms with van der Waals surface area (Å²) in [6.07, 6.45) is 1.89. The molecule has 5 rings (SSSR count). The maximum absolute atomic E-state index is 13.0. The minimum Gasteiger partial charge on any atom is -0.342 e. The Kier molecular flexibility index (Phi) is 4.95. The van der Waals surface area contributed by atoms with Crippen LogP contribution in [0.5, 0.6) is 0 Å². The van der Waals surface area contributed by atoms with Crippen molar-refractivity contribution in [1.29, 1.82) is 0 Å². The standard InChI is InChI=1S/C22H19ClN6OS/c1-13-16-11-18(31-22(16)29(27-13)12-15-7-3-4-8-17(15)23)21(30)24-14(2)20-26-25-19-9-5-6-10-28(19)20/h3-11,14H,12H2,1-2H3,(H,24,30)/t14-/m1/s1. The second kappa shape index (κ2) is 7.79. The van der Waals surface area contributed by atoms with Crippen LogP contribution < -0.4 is 5.32 Å². The van der Waals surface area contributed by atoms with Gasteiger partial charge < -0.3 is 5.32 Å². The number of benzene rings is 1. The van der Waals surface area contributed by atoms with Crippen molar-refractivity contribution in [2.45, 2.75) is 26.4 Å². The molecule has 0 fully saturated rings. The van der Waals surface area contributed by atoms with Gasteiger partial charge >= 0.3 is 0 Å². The van der Waals surface area contributed by atoms with Crippen LogP contribution in [-0.2, 0) is 6.54 Å². The first-order valence-electron chi connectivity index (χ1n) is 9.82. The Bertz CT molecular complexity index is 1420. The van der Waals surface area contributed by atoms with Gasteiger partial charge in [-0.2, -0.15) is 5.10 Å². The lowest BCUT2D eigenvalue weighted by atomic mass is 10.2. The fourth-order valence-electron chi connectivity index (χ4n) is 3.61. The van der Waals surface area contributed by atoms with E-state index in [0.717, 1.165) is 27.1 Å². The minimum absolute atomic E-state index is 0.148. The summed E-state index contributed by atoms with van der Waals surface area (Å²) in [7, 11) is 0. The van der Waals surface area contributed by atoms with Crippen LogP contribution in [-0.4, -0.2) is 30.3 Å². The highest BCUT2D eigenvalue weighted by molar-refractivity contribution is 7.20. The van der Waals surface area contributed by atoms with E-state index in [1.807, 2.05) is 77.7 Å². The molecule has 31 heavy (non-hydrogen) atoms. The highest BCUT2D eigenvalue weighted by atomic mass is 35.5. The summed E-state index contributed by atoms with van der Waals surface area (Å²) >= 11 is 7.74. The molecule has 0 saturated carbocycles. The number of amides is 1. The predicted molar refractivity (Wildman–Crippen MR) is 122 cm³/mol. The second-order valence-corrected chi connectivity index (χ2v) is 8.78. The third-order valence-corrected chi connectivity index (χ3v) is 6.70. The van der Waals surface area contributed by atoms with Crippen molar-refractivity contribution in [3.8, 4) is 0 Å². The van der Waals surface area contributed by atoms with E-state index in [0.29, 0.717) is 22.3 Å². The molecule has 1 aromatic carbocycles. The molecule has 9 heteroatoms. The van der Waals surface area contributed by atoms with E-state index < -0.39 is 0 Å². The summed E-state index contributed by atoms with van der Waals surface area (Å²) in [5.74, 6) is 0.538. The third kappa shape index (κ3) is 3.58. The number of hydrogen-bond donors (Lipinski definition) is 1. The number of thiophene rings is 1. The Morgan fingerprint density at radius 3 is 2.84 bits per heavy atom. The van der Waals surface area contributed by atoms with E-state index in [-0.39, 0.29) is 11.9 Å². The normalized spacial score (nSPS) is 12.5. The lowest BCUT2D eigenvalue weighted by Gasteiger charge is -2.11. The molecule has 0 aliphatic heterocycles. The van der Waals surface area contributed by atoms with Crippen LogP contribution in [0.4, 0.5) is 0 Å². The van der Waals surface area contributed by atoms with Crippen LogP contribution >= 0.6 is 22.9 Å². The van der Waals surface area contributed by atoms with Crippen molar-refractivity contribution < 1.29 is 4.79 Å². The van der Waals surface area contributed by atoms with Crippen molar-refractivity contribution >= 4 is 44.7 Å². The quantitative estimate of drug-likeness (QED) is 0.423. The molecule has 1 N–H and O–H groups in total. The summed E-state index contributed by atoms with van der Waals surface area (Å²) in [4.78, 5) is 14.6. The predicted octanol–water partition coefficient (Wildman–Crippen LogP) is 4.64. The summed E-state index contributed by atoms with van der Waals surface area (Å²) in [5, 5.41) is 17.7. The molecular weight excluding hydrogens is 432 g/mol. The molecule has 0 aliphatic carbocycles. The van der Waals surface area contributed by atoms with Crippen molar-refractivity contribution in [3.63, 3.8) is 0 Å². The number of carbonyl (C=O) groups excluding carboxylic acids is 1. The van der Waals surface area contributed by atoms with Crippen LogP contribution in [0.3, 0.4) is 0 Å². The summed E-state index contributed by atoms with van der Waals surface area (Å²) in [5.41, 5.74) is 2.62. The zero-order chi connectivity index (χ0) is 21.5. The molecule has 0 spiro atoms. The fourth-order valence-corrected chi connectivity index (χ4v) is 4.87. The van der Waals surface area contributed by atoms with Gasteiger partial charge in [0.2, 0.25) is 0 Å². The van der Waals surface area contributed by atoms with E-state index in [1.54, 1.807) is 0 Å². The van der Waals surface area contributed by atoms with E-state index in [2.05, 4.69) is 20.6 Å². The average Bonchev–Trinajstić information content (AvgIpc) is 3.45. The van der Waals surface area contributed by atoms with Gasteiger partial charge in [0.15, 0.2) is 11.5 Å². The number of nitrogens with one attached hydrogen (secondary N) is 1. The Morgan fingerprint density at radius 2 is 2.00 bits per heavy atom. The molecule has 4 aromatic heterocycles. The lowest BCUT2D eigenvalue weighted by molar-refractivity contribution is 0.0942. The van der Waals surface area contributed by atoms with Gasteiger partial charge in [-0.05, 0) is 43.7 Å². The smallest absolute Gasteiger partial charge is 0.262 e. The van der Waals surface area contributed by atoms with Gasteiger partial charge in [-0.15, -0.1) is 21.5 Å². The number of aromatic nitrogens is 5. The lowest BCUT2D eigenvalue weighted by Crippen LogP contribution is -2.27.